The summed E-state index contributed by atoms with van der Waals surface area (Å²) in [6.07, 6.45) is -4.72. The van der Waals surface area contributed by atoms with Crippen molar-refractivity contribution in [2.45, 2.75) is 16.0 Å². The summed E-state index contributed by atoms with van der Waals surface area (Å²) < 4.78 is 67.4. The highest BCUT2D eigenvalue weighted by atomic mass is 32.2. The number of hydrogen-bond donors (Lipinski definition) is 0. The number of rotatable bonds is 3. The maximum Gasteiger partial charge on any atom is 0.471 e. The summed E-state index contributed by atoms with van der Waals surface area (Å²) in [7, 11) is 0. The molecule has 4 nitrogen and oxygen atoms in total. The molecule has 0 aliphatic rings. The Balaban J connectivity index is 1.86. The zero-order chi connectivity index (χ0) is 17.3. The lowest BCUT2D eigenvalue weighted by Gasteiger charge is -2.10. The van der Waals surface area contributed by atoms with E-state index >= 15 is 0 Å². The average molecular weight is 356 g/mol. The first-order chi connectivity index (χ1) is 11.4. The highest BCUT2D eigenvalue weighted by Crippen LogP contribution is 2.30. The third kappa shape index (κ3) is 3.26. The Labute approximate surface area is 136 Å². The van der Waals surface area contributed by atoms with Crippen molar-refractivity contribution in [1.29, 1.82) is 0 Å². The minimum absolute atomic E-state index is 0.0177. The molecule has 1 unspecified atom stereocenters. The quantitative estimate of drug-likeness (QED) is 0.524. The summed E-state index contributed by atoms with van der Waals surface area (Å²) in [6, 6.07) is 11.2. The first-order valence-corrected chi connectivity index (χ1v) is 7.69. The SMILES string of the molecule is [O-][S+](c1ccc(-c2noc(C(F)(F)F)n2)cc1)c1ccccc1F. The van der Waals surface area contributed by atoms with Crippen LogP contribution in [0, 0.1) is 5.82 Å². The van der Waals surface area contributed by atoms with Gasteiger partial charge in [-0.05, 0) is 36.4 Å². The van der Waals surface area contributed by atoms with Crippen LogP contribution in [0.1, 0.15) is 5.89 Å². The first-order valence-electron chi connectivity index (χ1n) is 6.54. The highest BCUT2D eigenvalue weighted by Gasteiger charge is 2.38. The fourth-order valence-electron chi connectivity index (χ4n) is 1.91. The summed E-state index contributed by atoms with van der Waals surface area (Å²) in [6.45, 7) is 0. The molecule has 1 atom stereocenters. The molecular formula is C15H8F4N2O2S. The van der Waals surface area contributed by atoms with E-state index in [9.17, 15) is 22.1 Å². The van der Waals surface area contributed by atoms with Gasteiger partial charge in [0.25, 0.3) is 0 Å². The van der Waals surface area contributed by atoms with Crippen molar-refractivity contribution in [1.82, 2.24) is 10.1 Å². The number of halogens is 4. The maximum absolute atomic E-state index is 13.7. The second kappa shape index (κ2) is 6.25. The van der Waals surface area contributed by atoms with Gasteiger partial charge < -0.3 is 9.08 Å². The van der Waals surface area contributed by atoms with Gasteiger partial charge in [-0.1, -0.05) is 17.3 Å². The van der Waals surface area contributed by atoms with Crippen LogP contribution in [0.25, 0.3) is 11.4 Å². The van der Waals surface area contributed by atoms with Crippen LogP contribution >= 0.6 is 0 Å². The number of aromatic nitrogens is 2. The molecule has 0 aliphatic carbocycles. The molecule has 0 bridgehead atoms. The van der Waals surface area contributed by atoms with Crippen molar-refractivity contribution in [2.24, 2.45) is 0 Å². The molecular weight excluding hydrogens is 348 g/mol. The van der Waals surface area contributed by atoms with Gasteiger partial charge in [-0.15, -0.1) is 0 Å². The van der Waals surface area contributed by atoms with E-state index in [-0.39, 0.29) is 16.3 Å². The van der Waals surface area contributed by atoms with Crippen LogP contribution in [0.4, 0.5) is 17.6 Å². The molecule has 0 N–H and O–H groups in total. The maximum atomic E-state index is 13.7. The van der Waals surface area contributed by atoms with E-state index in [0.29, 0.717) is 4.90 Å². The van der Waals surface area contributed by atoms with Crippen LogP contribution in [0.15, 0.2) is 62.8 Å². The van der Waals surface area contributed by atoms with Crippen molar-refractivity contribution >= 4 is 11.2 Å². The minimum Gasteiger partial charge on any atom is -0.606 e. The fourth-order valence-corrected chi connectivity index (χ4v) is 2.99. The van der Waals surface area contributed by atoms with Gasteiger partial charge in [0.05, 0.1) is 0 Å². The Kier molecular flexibility index (Phi) is 4.29. The Morgan fingerprint density at radius 3 is 2.25 bits per heavy atom. The molecule has 24 heavy (non-hydrogen) atoms. The van der Waals surface area contributed by atoms with Crippen LogP contribution in [-0.2, 0) is 17.4 Å². The lowest BCUT2D eigenvalue weighted by Crippen LogP contribution is -2.05. The second-order valence-electron chi connectivity index (χ2n) is 4.64. The lowest BCUT2D eigenvalue weighted by molar-refractivity contribution is -0.159. The van der Waals surface area contributed by atoms with E-state index < -0.39 is 29.1 Å². The third-order valence-corrected chi connectivity index (χ3v) is 4.46. The molecule has 9 heteroatoms. The predicted molar refractivity (Wildman–Crippen MR) is 75.8 cm³/mol. The number of hydrogen-bond acceptors (Lipinski definition) is 4. The largest absolute Gasteiger partial charge is 0.606 e. The number of benzene rings is 2. The summed E-state index contributed by atoms with van der Waals surface area (Å²) in [5.74, 6) is -2.30. The molecule has 0 radical (unpaired) electrons. The van der Waals surface area contributed by atoms with Crippen LogP contribution < -0.4 is 0 Å². The molecule has 124 valence electrons. The lowest BCUT2D eigenvalue weighted by atomic mass is 10.2. The Morgan fingerprint density at radius 1 is 1.00 bits per heavy atom. The number of alkyl halides is 3. The zero-order valence-electron chi connectivity index (χ0n) is 11.7. The van der Waals surface area contributed by atoms with Crippen molar-refractivity contribution in [3.8, 4) is 11.4 Å². The second-order valence-corrected chi connectivity index (χ2v) is 6.09. The average Bonchev–Trinajstić information content (AvgIpc) is 3.05. The minimum atomic E-state index is -4.72. The summed E-state index contributed by atoms with van der Waals surface area (Å²) in [5, 5.41) is 3.26. The highest BCUT2D eigenvalue weighted by molar-refractivity contribution is 7.91. The van der Waals surface area contributed by atoms with Gasteiger partial charge in [0.15, 0.2) is 15.6 Å². The molecule has 0 aliphatic heterocycles. The molecule has 0 amide bonds. The topological polar surface area (TPSA) is 62.0 Å². The monoisotopic (exact) mass is 356 g/mol. The Morgan fingerprint density at radius 2 is 1.67 bits per heavy atom. The van der Waals surface area contributed by atoms with Gasteiger partial charge in [-0.25, -0.2) is 4.39 Å². The van der Waals surface area contributed by atoms with Crippen LogP contribution in [0.5, 0.6) is 0 Å². The Hall–Kier alpha value is -2.39. The van der Waals surface area contributed by atoms with Crippen molar-refractivity contribution in [2.75, 3.05) is 0 Å². The standard InChI is InChI=1S/C15H8F4N2O2S/c16-11-3-1-2-4-12(11)24(22)10-7-5-9(6-8-10)13-20-14(23-21-13)15(17,18)19/h1-8H. The van der Waals surface area contributed by atoms with Crippen LogP contribution in [-0.4, -0.2) is 14.7 Å². The van der Waals surface area contributed by atoms with Gasteiger partial charge in [-0.2, -0.15) is 18.2 Å². The van der Waals surface area contributed by atoms with Gasteiger partial charge in [0.2, 0.25) is 5.82 Å². The van der Waals surface area contributed by atoms with Crippen molar-refractivity contribution in [3.63, 3.8) is 0 Å². The molecule has 0 fully saturated rings. The van der Waals surface area contributed by atoms with E-state index in [1.54, 1.807) is 6.07 Å². The normalized spacial score (nSPS) is 13.0. The molecule has 0 saturated heterocycles. The molecule has 3 aromatic rings. The van der Waals surface area contributed by atoms with Crippen LogP contribution in [0.3, 0.4) is 0 Å². The Bertz CT molecular complexity index is 849. The fraction of sp³-hybridized carbons (Fsp3) is 0.0667. The van der Waals surface area contributed by atoms with Crippen LogP contribution in [0.2, 0.25) is 0 Å². The van der Waals surface area contributed by atoms with E-state index in [4.69, 9.17) is 0 Å². The number of nitrogens with zero attached hydrogens (tertiary/aromatic N) is 2. The summed E-state index contributed by atoms with van der Waals surface area (Å²) in [5.41, 5.74) is 0.253. The van der Waals surface area contributed by atoms with Crippen molar-refractivity contribution < 1.29 is 26.6 Å². The van der Waals surface area contributed by atoms with Gasteiger partial charge in [-0.3, -0.25) is 0 Å². The predicted octanol–water partition coefficient (Wildman–Crippen LogP) is 4.06. The molecule has 0 spiro atoms. The van der Waals surface area contributed by atoms with Gasteiger partial charge in [0.1, 0.15) is 0 Å². The first kappa shape index (κ1) is 16.5. The van der Waals surface area contributed by atoms with Gasteiger partial charge in [0, 0.05) is 16.7 Å². The van der Waals surface area contributed by atoms with E-state index in [1.165, 1.54) is 42.5 Å². The third-order valence-electron chi connectivity index (χ3n) is 3.03. The van der Waals surface area contributed by atoms with E-state index in [1.807, 2.05) is 0 Å². The molecule has 1 heterocycles. The van der Waals surface area contributed by atoms with Crippen molar-refractivity contribution in [3.05, 3.63) is 60.2 Å². The summed E-state index contributed by atoms with van der Waals surface area (Å²) in [4.78, 5) is 3.57. The summed E-state index contributed by atoms with van der Waals surface area (Å²) >= 11 is -1.75. The molecule has 3 rings (SSSR count). The van der Waals surface area contributed by atoms with E-state index in [0.717, 1.165) is 0 Å². The molecule has 0 saturated carbocycles. The molecule has 2 aromatic carbocycles. The van der Waals surface area contributed by atoms with E-state index in [2.05, 4.69) is 14.7 Å². The smallest absolute Gasteiger partial charge is 0.471 e. The zero-order valence-corrected chi connectivity index (χ0v) is 12.6. The van der Waals surface area contributed by atoms with Gasteiger partial charge >= 0.3 is 12.1 Å². The molecule has 1 aromatic heterocycles.